The van der Waals surface area contributed by atoms with Crippen LogP contribution in [0.25, 0.3) is 0 Å². The first-order chi connectivity index (χ1) is 8.86. The fraction of sp³-hybridized carbons (Fsp3) is 0.500. The molecule has 1 unspecified atom stereocenters. The van der Waals surface area contributed by atoms with Crippen LogP contribution in [0, 0.1) is 17.0 Å². The average molecular weight is 265 g/mol. The van der Waals surface area contributed by atoms with Crippen LogP contribution in [0.4, 0.5) is 11.5 Å². The standard InChI is InChI=1S/C12H15N3O4/c1-8-6-9(15(18)19)10(13-7-8)14-5-3-4-12(14,2)11(16)17/h6-7H,3-5H2,1-2H3,(H,16,17). The van der Waals surface area contributed by atoms with Crippen molar-refractivity contribution in [2.75, 3.05) is 11.4 Å². The summed E-state index contributed by atoms with van der Waals surface area (Å²) < 4.78 is 0. The molecule has 1 aliphatic rings. The zero-order valence-electron chi connectivity index (χ0n) is 10.8. The number of nitro groups is 1. The molecule has 0 saturated carbocycles. The van der Waals surface area contributed by atoms with Crippen LogP contribution in [0.15, 0.2) is 12.3 Å². The van der Waals surface area contributed by atoms with E-state index < -0.39 is 16.4 Å². The molecule has 102 valence electrons. The van der Waals surface area contributed by atoms with Gasteiger partial charge in [0.1, 0.15) is 5.54 Å². The molecule has 7 nitrogen and oxygen atoms in total. The molecule has 1 aliphatic heterocycles. The van der Waals surface area contributed by atoms with E-state index in [1.807, 2.05) is 0 Å². The first-order valence-electron chi connectivity index (χ1n) is 5.98. The molecule has 1 fully saturated rings. The molecule has 19 heavy (non-hydrogen) atoms. The van der Waals surface area contributed by atoms with Gasteiger partial charge in [0.15, 0.2) is 0 Å². The Labute approximate surface area is 110 Å². The molecule has 0 aromatic carbocycles. The van der Waals surface area contributed by atoms with E-state index in [0.717, 1.165) is 0 Å². The highest BCUT2D eigenvalue weighted by molar-refractivity contribution is 5.84. The highest BCUT2D eigenvalue weighted by atomic mass is 16.6. The second-order valence-corrected chi connectivity index (χ2v) is 4.95. The first kappa shape index (κ1) is 13.3. The molecular weight excluding hydrogens is 250 g/mol. The van der Waals surface area contributed by atoms with Gasteiger partial charge in [-0.3, -0.25) is 10.1 Å². The van der Waals surface area contributed by atoms with Crippen LogP contribution in [0.2, 0.25) is 0 Å². The van der Waals surface area contributed by atoms with Crippen molar-refractivity contribution in [1.82, 2.24) is 4.98 Å². The summed E-state index contributed by atoms with van der Waals surface area (Å²) in [6.45, 7) is 3.75. The van der Waals surface area contributed by atoms with E-state index in [1.165, 1.54) is 17.2 Å². The number of aliphatic carboxylic acids is 1. The van der Waals surface area contributed by atoms with Crippen molar-refractivity contribution in [2.24, 2.45) is 0 Å². The number of carboxylic acid groups (broad SMARTS) is 1. The molecule has 2 heterocycles. The molecule has 0 aliphatic carbocycles. The summed E-state index contributed by atoms with van der Waals surface area (Å²) in [5, 5.41) is 20.5. The van der Waals surface area contributed by atoms with Gasteiger partial charge >= 0.3 is 11.7 Å². The molecule has 0 bridgehead atoms. The van der Waals surface area contributed by atoms with E-state index >= 15 is 0 Å². The molecule has 1 aromatic heterocycles. The number of hydrogen-bond acceptors (Lipinski definition) is 5. The van der Waals surface area contributed by atoms with Crippen LogP contribution in [-0.4, -0.2) is 33.1 Å². The van der Waals surface area contributed by atoms with Crippen molar-refractivity contribution in [2.45, 2.75) is 32.2 Å². The Hall–Kier alpha value is -2.18. The smallest absolute Gasteiger partial charge is 0.329 e. The van der Waals surface area contributed by atoms with Crippen LogP contribution in [0.3, 0.4) is 0 Å². The summed E-state index contributed by atoms with van der Waals surface area (Å²) in [4.78, 5) is 27.6. The molecule has 2 rings (SSSR count). The maximum Gasteiger partial charge on any atom is 0.329 e. The van der Waals surface area contributed by atoms with Crippen LogP contribution < -0.4 is 4.90 Å². The third-order valence-corrected chi connectivity index (χ3v) is 3.54. The number of carbonyl (C=O) groups is 1. The molecule has 1 aromatic rings. The van der Waals surface area contributed by atoms with E-state index in [2.05, 4.69) is 4.98 Å². The van der Waals surface area contributed by atoms with Crippen molar-refractivity contribution < 1.29 is 14.8 Å². The SMILES string of the molecule is Cc1cnc(N2CCCC2(C)C(=O)O)c([N+](=O)[O-])c1. The zero-order chi connectivity index (χ0) is 14.2. The molecule has 0 amide bonds. The minimum atomic E-state index is -1.13. The van der Waals surface area contributed by atoms with Gasteiger partial charge in [-0.25, -0.2) is 9.78 Å². The fourth-order valence-electron chi connectivity index (χ4n) is 2.41. The van der Waals surface area contributed by atoms with Crippen LogP contribution >= 0.6 is 0 Å². The lowest BCUT2D eigenvalue weighted by Crippen LogP contribution is -2.48. The average Bonchev–Trinajstić information content (AvgIpc) is 2.72. The van der Waals surface area contributed by atoms with E-state index in [1.54, 1.807) is 13.8 Å². The first-order valence-corrected chi connectivity index (χ1v) is 5.98. The highest BCUT2D eigenvalue weighted by Gasteiger charge is 2.46. The number of carboxylic acids is 1. The zero-order valence-corrected chi connectivity index (χ0v) is 10.8. The molecular formula is C12H15N3O4. The molecule has 7 heteroatoms. The Morgan fingerprint density at radius 2 is 2.32 bits per heavy atom. The number of anilines is 1. The number of hydrogen-bond donors (Lipinski definition) is 1. The van der Waals surface area contributed by atoms with Gasteiger partial charge < -0.3 is 10.0 Å². The van der Waals surface area contributed by atoms with Gasteiger partial charge in [-0.05, 0) is 32.3 Å². The van der Waals surface area contributed by atoms with Gasteiger partial charge in [-0.2, -0.15) is 0 Å². The third kappa shape index (κ3) is 2.11. The Kier molecular flexibility index (Phi) is 3.13. The fourth-order valence-corrected chi connectivity index (χ4v) is 2.41. The van der Waals surface area contributed by atoms with E-state index in [4.69, 9.17) is 0 Å². The van der Waals surface area contributed by atoms with Gasteiger partial charge in [0.25, 0.3) is 0 Å². The lowest BCUT2D eigenvalue weighted by atomic mass is 9.99. The monoisotopic (exact) mass is 265 g/mol. The minimum absolute atomic E-state index is 0.137. The second-order valence-electron chi connectivity index (χ2n) is 4.95. The Bertz CT molecular complexity index is 546. The van der Waals surface area contributed by atoms with Gasteiger partial charge in [-0.1, -0.05) is 0 Å². The number of aryl methyl sites for hydroxylation is 1. The van der Waals surface area contributed by atoms with Crippen molar-refractivity contribution in [1.29, 1.82) is 0 Å². The number of aromatic nitrogens is 1. The molecule has 1 N–H and O–H groups in total. The predicted octanol–water partition coefficient (Wildman–Crippen LogP) is 1.74. The van der Waals surface area contributed by atoms with Crippen molar-refractivity contribution in [3.8, 4) is 0 Å². The largest absolute Gasteiger partial charge is 0.480 e. The lowest BCUT2D eigenvalue weighted by Gasteiger charge is -2.31. The normalized spacial score (nSPS) is 22.5. The molecule has 1 atom stereocenters. The Morgan fingerprint density at radius 3 is 2.89 bits per heavy atom. The van der Waals surface area contributed by atoms with Crippen LogP contribution in [0.1, 0.15) is 25.3 Å². The summed E-state index contributed by atoms with van der Waals surface area (Å²) in [7, 11) is 0. The van der Waals surface area contributed by atoms with E-state index in [-0.39, 0.29) is 11.5 Å². The summed E-state index contributed by atoms with van der Waals surface area (Å²) in [6.07, 6.45) is 2.65. The molecule has 1 saturated heterocycles. The number of pyridine rings is 1. The summed E-state index contributed by atoms with van der Waals surface area (Å²) in [5.41, 5.74) is -0.603. The third-order valence-electron chi connectivity index (χ3n) is 3.54. The van der Waals surface area contributed by atoms with Gasteiger partial charge in [0, 0.05) is 18.8 Å². The second kappa shape index (κ2) is 4.49. The summed E-state index contributed by atoms with van der Waals surface area (Å²) in [5.74, 6) is -0.848. The summed E-state index contributed by atoms with van der Waals surface area (Å²) >= 11 is 0. The van der Waals surface area contributed by atoms with E-state index in [0.29, 0.717) is 24.9 Å². The van der Waals surface area contributed by atoms with Crippen LogP contribution in [-0.2, 0) is 4.79 Å². The van der Waals surface area contributed by atoms with Crippen molar-refractivity contribution >= 4 is 17.5 Å². The van der Waals surface area contributed by atoms with Crippen LogP contribution in [0.5, 0.6) is 0 Å². The van der Waals surface area contributed by atoms with Crippen molar-refractivity contribution in [3.05, 3.63) is 27.9 Å². The molecule has 0 radical (unpaired) electrons. The predicted molar refractivity (Wildman–Crippen MR) is 68.2 cm³/mol. The quantitative estimate of drug-likeness (QED) is 0.660. The van der Waals surface area contributed by atoms with Gasteiger partial charge in [0.2, 0.25) is 5.82 Å². The van der Waals surface area contributed by atoms with Crippen molar-refractivity contribution in [3.63, 3.8) is 0 Å². The van der Waals surface area contributed by atoms with E-state index in [9.17, 15) is 20.0 Å². The summed E-state index contributed by atoms with van der Waals surface area (Å²) in [6, 6.07) is 1.42. The highest BCUT2D eigenvalue weighted by Crippen LogP contribution is 2.37. The maximum absolute atomic E-state index is 11.4. The minimum Gasteiger partial charge on any atom is -0.480 e. The maximum atomic E-state index is 11.4. The Morgan fingerprint density at radius 1 is 1.63 bits per heavy atom. The lowest BCUT2D eigenvalue weighted by molar-refractivity contribution is -0.384. The number of nitrogens with zero attached hydrogens (tertiary/aromatic N) is 3. The number of rotatable bonds is 3. The van der Waals surface area contributed by atoms with Gasteiger partial charge in [0.05, 0.1) is 4.92 Å². The molecule has 0 spiro atoms. The topological polar surface area (TPSA) is 96.6 Å². The Balaban J connectivity index is 2.53. The van der Waals surface area contributed by atoms with Gasteiger partial charge in [-0.15, -0.1) is 0 Å².